The van der Waals surface area contributed by atoms with Gasteiger partial charge in [0.25, 0.3) is 0 Å². The summed E-state index contributed by atoms with van der Waals surface area (Å²) in [5.74, 6) is 0. The molecule has 0 bridgehead atoms. The summed E-state index contributed by atoms with van der Waals surface area (Å²) in [6.07, 6.45) is 9.78. The fraction of sp³-hybridized carbons (Fsp3) is 1.00. The first-order valence-corrected chi connectivity index (χ1v) is 25.5. The molecule has 0 aliphatic heterocycles. The molecule has 0 fully saturated rings. The summed E-state index contributed by atoms with van der Waals surface area (Å²) >= 11 is 0. The van der Waals surface area contributed by atoms with Gasteiger partial charge in [0, 0.05) is 39.6 Å². The van der Waals surface area contributed by atoms with Crippen molar-refractivity contribution in [3.63, 3.8) is 0 Å². The smallest absolute Gasteiger partial charge is 0.111 e. The van der Waals surface area contributed by atoms with E-state index in [-0.39, 0.29) is 65.1 Å². The van der Waals surface area contributed by atoms with Crippen LogP contribution in [0.1, 0.15) is 132 Å². The Kier molecular flexibility index (Phi) is 50.7. The molecule has 0 aliphatic carbocycles. The average molecular weight is 945 g/mol. The summed E-state index contributed by atoms with van der Waals surface area (Å²) in [6, 6.07) is 0. The lowest BCUT2D eigenvalue weighted by Gasteiger charge is -2.37. The molecule has 0 N–H and O–H groups in total. The van der Waals surface area contributed by atoms with Crippen LogP contribution >= 0.6 is 0 Å². The average Bonchev–Trinajstić information content (AvgIpc) is 3.32. The number of unbranched alkanes of at least 4 members (excludes halogenated alkanes) is 4. The van der Waals surface area contributed by atoms with Gasteiger partial charge in [0.05, 0.1) is 111 Å². The van der Waals surface area contributed by atoms with Crippen molar-refractivity contribution in [1.29, 1.82) is 0 Å². The minimum absolute atomic E-state index is 0.145. The first kappa shape index (κ1) is 64.4. The van der Waals surface area contributed by atoms with E-state index in [0.29, 0.717) is 106 Å². The minimum Gasteiger partial charge on any atom is -0.379 e. The van der Waals surface area contributed by atoms with Crippen LogP contribution in [0.4, 0.5) is 0 Å². The van der Waals surface area contributed by atoms with Crippen LogP contribution < -0.4 is 0 Å². The van der Waals surface area contributed by atoms with Crippen molar-refractivity contribution in [3.05, 3.63) is 0 Å². The molecule has 65 heavy (non-hydrogen) atoms. The molecule has 0 saturated heterocycles. The molecule has 16 nitrogen and oxygen atoms in total. The van der Waals surface area contributed by atoms with Crippen molar-refractivity contribution >= 4 is 0 Å². The Bertz CT molecular complexity index is 814. The zero-order chi connectivity index (χ0) is 47.6. The standard InChI is InChI=1S/C49H100O16/c1-9-17-25-52-33-45(34-53-26-18-10-2)58-41-49(42-59-46(35-54-27-19-11-3)36-55-28-20-12-4,43-60-47(39-64-62-23-15-7)37-56-31-29-50-21-13-5)44-61-48(40-65-63-24-16-8)38-57-32-30-51-22-14-6/h45-48H,9-44H2,1-8H3. The summed E-state index contributed by atoms with van der Waals surface area (Å²) in [7, 11) is 0. The van der Waals surface area contributed by atoms with Crippen molar-refractivity contribution in [2.24, 2.45) is 5.41 Å². The SMILES string of the molecule is CCCCOCC(COCCCC)OCC(COC(COCCCC)COCCCC)(COC(COCCOCCC)COOCCC)COC(COCCOCCC)COOCCC. The molecular formula is C49H100O16. The van der Waals surface area contributed by atoms with Crippen molar-refractivity contribution in [2.45, 2.75) is 157 Å². The highest BCUT2D eigenvalue weighted by Crippen LogP contribution is 2.25. The van der Waals surface area contributed by atoms with Crippen LogP contribution in [0.25, 0.3) is 0 Å². The minimum atomic E-state index is -0.893. The fourth-order valence-corrected chi connectivity index (χ4v) is 5.54. The largest absolute Gasteiger partial charge is 0.379 e. The highest BCUT2D eigenvalue weighted by atomic mass is 17.2. The summed E-state index contributed by atoms with van der Waals surface area (Å²) in [4.78, 5) is 22.2. The van der Waals surface area contributed by atoms with Crippen molar-refractivity contribution < 1.29 is 76.4 Å². The lowest BCUT2D eigenvalue weighted by Crippen LogP contribution is -2.48. The Labute approximate surface area is 396 Å². The van der Waals surface area contributed by atoms with Gasteiger partial charge in [-0.05, 0) is 51.4 Å². The maximum atomic E-state index is 6.83. The van der Waals surface area contributed by atoms with Crippen LogP contribution in [0.2, 0.25) is 0 Å². The van der Waals surface area contributed by atoms with Crippen LogP contribution in [0.3, 0.4) is 0 Å². The molecule has 2 unspecified atom stereocenters. The number of ether oxygens (including phenoxy) is 12. The summed E-state index contributed by atoms with van der Waals surface area (Å²) in [6.45, 7) is 26.4. The van der Waals surface area contributed by atoms with E-state index in [1.807, 2.05) is 13.8 Å². The van der Waals surface area contributed by atoms with Crippen LogP contribution in [0.15, 0.2) is 0 Å². The molecule has 0 aromatic heterocycles. The van der Waals surface area contributed by atoms with E-state index in [0.717, 1.165) is 77.0 Å². The second-order valence-corrected chi connectivity index (χ2v) is 16.5. The monoisotopic (exact) mass is 945 g/mol. The van der Waals surface area contributed by atoms with Crippen LogP contribution in [0, 0.1) is 5.41 Å². The Balaban J connectivity index is 6.95. The van der Waals surface area contributed by atoms with Gasteiger partial charge < -0.3 is 56.8 Å². The maximum Gasteiger partial charge on any atom is 0.111 e. The predicted octanol–water partition coefficient (Wildman–Crippen LogP) is 8.38. The van der Waals surface area contributed by atoms with Crippen molar-refractivity contribution in [3.8, 4) is 0 Å². The molecule has 2 atom stereocenters. The third kappa shape index (κ3) is 42.0. The van der Waals surface area contributed by atoms with Gasteiger partial charge in [-0.1, -0.05) is 81.1 Å². The molecular weight excluding hydrogens is 845 g/mol. The lowest BCUT2D eigenvalue weighted by molar-refractivity contribution is -0.314. The number of hydrogen-bond donors (Lipinski definition) is 0. The highest BCUT2D eigenvalue weighted by molar-refractivity contribution is 4.83. The molecule has 0 heterocycles. The first-order chi connectivity index (χ1) is 32.0. The van der Waals surface area contributed by atoms with Gasteiger partial charge in [-0.25, -0.2) is 19.6 Å². The molecule has 16 heteroatoms. The number of hydrogen-bond acceptors (Lipinski definition) is 16. The summed E-state index contributed by atoms with van der Waals surface area (Å²) < 4.78 is 75.1. The van der Waals surface area contributed by atoms with E-state index in [2.05, 4.69) is 41.5 Å². The van der Waals surface area contributed by atoms with Gasteiger partial charge in [0.15, 0.2) is 0 Å². The topological polar surface area (TPSA) is 148 Å². The zero-order valence-electron chi connectivity index (χ0n) is 42.8. The summed E-state index contributed by atoms with van der Waals surface area (Å²) in [5.41, 5.74) is -0.893. The molecule has 0 saturated carbocycles. The molecule has 0 radical (unpaired) electrons. The molecule has 0 aliphatic rings. The van der Waals surface area contributed by atoms with Crippen LogP contribution in [-0.2, 0) is 76.4 Å². The Hall–Kier alpha value is -0.640. The molecule has 0 aromatic rings. The van der Waals surface area contributed by atoms with Crippen LogP contribution in [0.5, 0.6) is 0 Å². The predicted molar refractivity (Wildman–Crippen MR) is 253 cm³/mol. The Morgan fingerprint density at radius 1 is 0.246 bits per heavy atom. The summed E-state index contributed by atoms with van der Waals surface area (Å²) in [5, 5.41) is 0. The third-order valence-corrected chi connectivity index (χ3v) is 9.58. The molecule has 392 valence electrons. The van der Waals surface area contributed by atoms with E-state index < -0.39 is 17.6 Å². The second kappa shape index (κ2) is 51.2. The lowest BCUT2D eigenvalue weighted by atomic mass is 9.91. The van der Waals surface area contributed by atoms with E-state index in [9.17, 15) is 0 Å². The van der Waals surface area contributed by atoms with Gasteiger partial charge >= 0.3 is 0 Å². The van der Waals surface area contributed by atoms with Gasteiger partial charge in [-0.2, -0.15) is 0 Å². The molecule has 0 rings (SSSR count). The third-order valence-electron chi connectivity index (χ3n) is 9.58. The van der Waals surface area contributed by atoms with E-state index in [1.54, 1.807) is 0 Å². The Morgan fingerprint density at radius 2 is 0.508 bits per heavy atom. The highest BCUT2D eigenvalue weighted by Gasteiger charge is 2.37. The molecule has 0 aromatic carbocycles. The maximum absolute atomic E-state index is 6.83. The Morgan fingerprint density at radius 3 is 0.785 bits per heavy atom. The zero-order valence-corrected chi connectivity index (χ0v) is 42.8. The van der Waals surface area contributed by atoms with Crippen molar-refractivity contribution in [1.82, 2.24) is 0 Å². The van der Waals surface area contributed by atoms with E-state index in [1.165, 1.54) is 0 Å². The quantitative estimate of drug-likeness (QED) is 0.0326. The normalized spacial score (nSPS) is 13.2. The van der Waals surface area contributed by atoms with Crippen molar-refractivity contribution in [2.75, 3.05) is 159 Å². The van der Waals surface area contributed by atoms with Gasteiger partial charge in [-0.15, -0.1) is 0 Å². The van der Waals surface area contributed by atoms with Gasteiger partial charge in [-0.3, -0.25) is 0 Å². The van der Waals surface area contributed by atoms with E-state index in [4.69, 9.17) is 76.4 Å². The fourth-order valence-electron chi connectivity index (χ4n) is 5.54. The molecule has 0 spiro atoms. The first-order valence-electron chi connectivity index (χ1n) is 25.5. The second-order valence-electron chi connectivity index (χ2n) is 16.5. The van der Waals surface area contributed by atoms with Gasteiger partial charge in [0.1, 0.15) is 37.6 Å². The van der Waals surface area contributed by atoms with E-state index >= 15 is 0 Å². The number of rotatable bonds is 56. The molecule has 0 amide bonds. The van der Waals surface area contributed by atoms with Crippen LogP contribution in [-0.4, -0.2) is 183 Å². The van der Waals surface area contributed by atoms with Gasteiger partial charge in [0.2, 0.25) is 0 Å².